The lowest BCUT2D eigenvalue weighted by Crippen LogP contribution is -2.41. The van der Waals surface area contributed by atoms with Crippen molar-refractivity contribution in [3.63, 3.8) is 0 Å². The Morgan fingerprint density at radius 3 is 1.19 bits per heavy atom. The predicted molar refractivity (Wildman–Crippen MR) is 161 cm³/mol. The van der Waals surface area contributed by atoms with E-state index in [4.69, 9.17) is 9.47 Å². The fourth-order valence-corrected chi connectivity index (χ4v) is 5.42. The van der Waals surface area contributed by atoms with Crippen molar-refractivity contribution in [2.24, 2.45) is 11.8 Å². The highest BCUT2D eigenvalue weighted by Gasteiger charge is 2.26. The van der Waals surface area contributed by atoms with E-state index in [-0.39, 0.29) is 23.9 Å². The predicted octanol–water partition coefficient (Wildman–Crippen LogP) is 5.31. The van der Waals surface area contributed by atoms with E-state index in [9.17, 15) is 19.2 Å². The Kier molecular flexibility index (Phi) is 11.7. The largest absolute Gasteiger partial charge is 0.444 e. The molecule has 10 nitrogen and oxygen atoms in total. The maximum absolute atomic E-state index is 12.8. The van der Waals surface area contributed by atoms with Crippen molar-refractivity contribution in [1.29, 1.82) is 0 Å². The Labute approximate surface area is 250 Å². The van der Waals surface area contributed by atoms with E-state index < -0.39 is 23.4 Å². The number of amides is 4. The van der Waals surface area contributed by atoms with Gasteiger partial charge in [0.15, 0.2) is 0 Å². The van der Waals surface area contributed by atoms with E-state index in [1.54, 1.807) is 24.3 Å². The van der Waals surface area contributed by atoms with Crippen molar-refractivity contribution in [2.45, 2.75) is 116 Å². The number of carbonyl (C=O) groups excluding carboxylic acids is 4. The van der Waals surface area contributed by atoms with E-state index in [1.807, 2.05) is 41.5 Å². The van der Waals surface area contributed by atoms with Crippen LogP contribution in [0.5, 0.6) is 0 Å². The van der Waals surface area contributed by atoms with Gasteiger partial charge in [-0.25, -0.2) is 9.59 Å². The average Bonchev–Trinajstić information content (AvgIpc) is 2.90. The normalized spacial score (nSPS) is 22.8. The summed E-state index contributed by atoms with van der Waals surface area (Å²) in [5, 5.41) is 11.9. The van der Waals surface area contributed by atoms with Gasteiger partial charge < -0.3 is 30.7 Å². The van der Waals surface area contributed by atoms with Crippen LogP contribution in [0.25, 0.3) is 0 Å². The zero-order valence-electron chi connectivity index (χ0n) is 26.1. The fraction of sp³-hybridized carbons (Fsp3) is 0.688. The standard InChI is InChI=1S/C32H50N4O6/c1-31(2,3)41-29(39)33-19-21-7-15-25(16-8-21)35-27(37)23-11-13-24(14-12-23)28(38)36-26-17-9-22(10-18-26)20-34-30(40)42-32(4,5)6/h11-14,21-22,25-26H,7-10,15-20H2,1-6H3,(H,33,39)(H,34,40)(H,35,37)(H,36,38). The Bertz CT molecular complexity index is 975. The highest BCUT2D eigenvalue weighted by atomic mass is 16.6. The maximum Gasteiger partial charge on any atom is 0.407 e. The molecule has 1 aromatic carbocycles. The molecular weight excluding hydrogens is 536 g/mol. The third kappa shape index (κ3) is 11.9. The first-order chi connectivity index (χ1) is 19.7. The van der Waals surface area contributed by atoms with Crippen LogP contribution in [0.2, 0.25) is 0 Å². The molecule has 0 bridgehead atoms. The number of alkyl carbamates (subject to hydrolysis) is 2. The van der Waals surface area contributed by atoms with E-state index in [1.165, 1.54) is 0 Å². The molecule has 2 aliphatic rings. The molecule has 1 aromatic rings. The Balaban J connectivity index is 1.34. The van der Waals surface area contributed by atoms with Gasteiger partial charge in [-0.3, -0.25) is 9.59 Å². The van der Waals surface area contributed by atoms with E-state index in [2.05, 4.69) is 21.3 Å². The molecule has 42 heavy (non-hydrogen) atoms. The monoisotopic (exact) mass is 586 g/mol. The molecule has 0 aromatic heterocycles. The molecule has 3 rings (SSSR count). The van der Waals surface area contributed by atoms with Crippen LogP contribution in [0.3, 0.4) is 0 Å². The van der Waals surface area contributed by atoms with Gasteiger partial charge in [0.1, 0.15) is 11.2 Å². The minimum Gasteiger partial charge on any atom is -0.444 e. The van der Waals surface area contributed by atoms with Gasteiger partial charge in [-0.2, -0.15) is 0 Å². The summed E-state index contributed by atoms with van der Waals surface area (Å²) in [6.07, 6.45) is 6.30. The fourth-order valence-electron chi connectivity index (χ4n) is 5.42. The third-order valence-corrected chi connectivity index (χ3v) is 7.64. The quantitative estimate of drug-likeness (QED) is 0.326. The van der Waals surface area contributed by atoms with Crippen molar-refractivity contribution >= 4 is 24.0 Å². The molecule has 0 radical (unpaired) electrons. The Morgan fingerprint density at radius 2 is 0.905 bits per heavy atom. The van der Waals surface area contributed by atoms with Gasteiger partial charge in [0.25, 0.3) is 11.8 Å². The zero-order valence-corrected chi connectivity index (χ0v) is 26.1. The molecule has 0 atom stereocenters. The second kappa shape index (κ2) is 14.7. The second-order valence-corrected chi connectivity index (χ2v) is 13.7. The van der Waals surface area contributed by atoms with Crippen LogP contribution in [0, 0.1) is 11.8 Å². The van der Waals surface area contributed by atoms with Crippen LogP contribution in [0.4, 0.5) is 9.59 Å². The van der Waals surface area contributed by atoms with Crippen LogP contribution in [0.1, 0.15) is 114 Å². The van der Waals surface area contributed by atoms with Crippen LogP contribution in [-0.2, 0) is 9.47 Å². The lowest BCUT2D eigenvalue weighted by molar-refractivity contribution is 0.0502. The van der Waals surface area contributed by atoms with Crippen LogP contribution in [-0.4, -0.2) is 60.4 Å². The molecular formula is C32H50N4O6. The third-order valence-electron chi connectivity index (χ3n) is 7.64. The number of nitrogens with one attached hydrogen (secondary N) is 4. The molecule has 4 N–H and O–H groups in total. The topological polar surface area (TPSA) is 135 Å². The van der Waals surface area contributed by atoms with E-state index >= 15 is 0 Å². The summed E-state index contributed by atoms with van der Waals surface area (Å²) >= 11 is 0. The molecule has 0 heterocycles. The van der Waals surface area contributed by atoms with Gasteiger partial charge in [0.2, 0.25) is 0 Å². The lowest BCUT2D eigenvalue weighted by Gasteiger charge is -2.30. The van der Waals surface area contributed by atoms with Crippen LogP contribution < -0.4 is 21.3 Å². The molecule has 0 saturated heterocycles. The van der Waals surface area contributed by atoms with Gasteiger partial charge in [-0.05, 0) is 129 Å². The van der Waals surface area contributed by atoms with E-state index in [0.717, 1.165) is 51.4 Å². The van der Waals surface area contributed by atoms with Crippen molar-refractivity contribution in [1.82, 2.24) is 21.3 Å². The van der Waals surface area contributed by atoms with Gasteiger partial charge in [0.05, 0.1) is 0 Å². The molecule has 0 aliphatic heterocycles. The summed E-state index contributed by atoms with van der Waals surface area (Å²) < 4.78 is 10.6. The first kappa shape index (κ1) is 33.2. The molecule has 234 valence electrons. The van der Waals surface area contributed by atoms with Crippen molar-refractivity contribution in [3.05, 3.63) is 35.4 Å². The molecule has 2 fully saturated rings. The van der Waals surface area contributed by atoms with Crippen LogP contribution >= 0.6 is 0 Å². The van der Waals surface area contributed by atoms with Crippen molar-refractivity contribution < 1.29 is 28.7 Å². The second-order valence-electron chi connectivity index (χ2n) is 13.7. The molecule has 4 amide bonds. The summed E-state index contributed by atoms with van der Waals surface area (Å²) in [5.74, 6) is 0.450. The minimum atomic E-state index is -0.516. The van der Waals surface area contributed by atoms with Crippen molar-refractivity contribution in [3.8, 4) is 0 Å². The number of ether oxygens (including phenoxy) is 2. The van der Waals surface area contributed by atoms with Gasteiger partial charge in [0, 0.05) is 36.3 Å². The number of carbonyl (C=O) groups is 4. The van der Waals surface area contributed by atoms with Crippen LogP contribution in [0.15, 0.2) is 24.3 Å². The SMILES string of the molecule is CC(C)(C)OC(=O)NCC1CCC(NC(=O)c2ccc(C(=O)NC3CCC(CNC(=O)OC(C)(C)C)CC3)cc2)CC1. The lowest BCUT2D eigenvalue weighted by atomic mass is 9.86. The molecule has 2 saturated carbocycles. The highest BCUT2D eigenvalue weighted by Crippen LogP contribution is 2.25. The van der Waals surface area contributed by atoms with Crippen molar-refractivity contribution in [2.75, 3.05) is 13.1 Å². The smallest absolute Gasteiger partial charge is 0.407 e. The molecule has 10 heteroatoms. The number of hydrogen-bond donors (Lipinski definition) is 4. The van der Waals surface area contributed by atoms with Gasteiger partial charge in [-0.15, -0.1) is 0 Å². The maximum atomic E-state index is 12.8. The summed E-state index contributed by atoms with van der Waals surface area (Å²) in [6, 6.07) is 6.96. The summed E-state index contributed by atoms with van der Waals surface area (Å²) in [7, 11) is 0. The molecule has 2 aliphatic carbocycles. The Hall–Kier alpha value is -3.30. The number of hydrogen-bond acceptors (Lipinski definition) is 6. The summed E-state index contributed by atoms with van der Waals surface area (Å²) in [5.41, 5.74) is 0.0209. The van der Waals surface area contributed by atoms with Gasteiger partial charge >= 0.3 is 12.2 Å². The van der Waals surface area contributed by atoms with Gasteiger partial charge in [-0.1, -0.05) is 0 Å². The first-order valence-electron chi connectivity index (χ1n) is 15.3. The molecule has 0 unspecified atom stereocenters. The average molecular weight is 587 g/mol. The van der Waals surface area contributed by atoms with E-state index in [0.29, 0.717) is 36.1 Å². The molecule has 0 spiro atoms. The number of benzene rings is 1. The zero-order chi connectivity index (χ0) is 30.9. The number of rotatable bonds is 8. The summed E-state index contributed by atoms with van der Waals surface area (Å²) in [6.45, 7) is 12.2. The Morgan fingerprint density at radius 1 is 0.595 bits per heavy atom. The minimum absolute atomic E-state index is 0.0905. The summed E-state index contributed by atoms with van der Waals surface area (Å²) in [4.78, 5) is 49.4. The first-order valence-corrected chi connectivity index (χ1v) is 15.3. The highest BCUT2D eigenvalue weighted by molar-refractivity contribution is 5.98.